The van der Waals surface area contributed by atoms with Crippen LogP contribution < -0.4 is 10.2 Å². The SMILES string of the molecule is CC1=C(c2nc(-c3ccc(Cl)cc3)no2)C(c2ccc(C)cc2)NC(=O)N1c1cccc(C)c1. The zero-order valence-corrected chi connectivity index (χ0v) is 19.8. The van der Waals surface area contributed by atoms with Crippen molar-refractivity contribution in [2.45, 2.75) is 26.8 Å². The Kier molecular flexibility index (Phi) is 5.67. The van der Waals surface area contributed by atoms with E-state index in [1.165, 1.54) is 0 Å². The van der Waals surface area contributed by atoms with Crippen molar-refractivity contribution in [2.75, 3.05) is 4.90 Å². The second kappa shape index (κ2) is 8.80. The van der Waals surface area contributed by atoms with Gasteiger partial charge in [0, 0.05) is 16.3 Å². The number of nitrogens with zero attached hydrogens (tertiary/aromatic N) is 3. The number of anilines is 1. The van der Waals surface area contributed by atoms with Crippen molar-refractivity contribution in [3.05, 3.63) is 106 Å². The molecule has 1 aliphatic heterocycles. The highest BCUT2D eigenvalue weighted by Crippen LogP contribution is 2.39. The molecule has 1 N–H and O–H groups in total. The Bertz CT molecular complexity index is 1390. The van der Waals surface area contributed by atoms with Crippen molar-refractivity contribution < 1.29 is 9.32 Å². The Hall–Kier alpha value is -3.90. The van der Waals surface area contributed by atoms with Crippen molar-refractivity contribution in [1.29, 1.82) is 0 Å². The van der Waals surface area contributed by atoms with Crippen molar-refractivity contribution >= 4 is 28.9 Å². The van der Waals surface area contributed by atoms with E-state index in [1.807, 2.05) is 81.4 Å². The quantitative estimate of drug-likeness (QED) is 0.360. The third kappa shape index (κ3) is 4.08. The summed E-state index contributed by atoms with van der Waals surface area (Å²) >= 11 is 6.02. The molecule has 170 valence electrons. The molecule has 4 aromatic rings. The van der Waals surface area contributed by atoms with Crippen LogP contribution in [0.5, 0.6) is 0 Å². The lowest BCUT2D eigenvalue weighted by Gasteiger charge is -2.35. The van der Waals surface area contributed by atoms with E-state index in [4.69, 9.17) is 21.1 Å². The molecule has 3 aromatic carbocycles. The molecule has 34 heavy (non-hydrogen) atoms. The zero-order valence-electron chi connectivity index (χ0n) is 19.0. The molecule has 1 unspecified atom stereocenters. The minimum atomic E-state index is -0.437. The standard InChI is InChI=1S/C27H23ClN4O2/c1-16-7-9-19(10-8-16)24-23(26-30-25(31-34-26)20-11-13-21(28)14-12-20)18(3)32(27(33)29-24)22-6-4-5-17(2)15-22/h4-15,24H,1-3H3,(H,29,33). The summed E-state index contributed by atoms with van der Waals surface area (Å²) in [6.45, 7) is 5.93. The number of hydrogen-bond donors (Lipinski definition) is 1. The maximum atomic E-state index is 13.3. The number of hydrogen-bond acceptors (Lipinski definition) is 4. The molecule has 5 rings (SSSR count). The molecule has 1 aliphatic rings. The van der Waals surface area contributed by atoms with E-state index in [1.54, 1.807) is 17.0 Å². The minimum absolute atomic E-state index is 0.213. The van der Waals surface area contributed by atoms with Crippen LogP contribution in [-0.4, -0.2) is 16.2 Å². The molecule has 2 amide bonds. The van der Waals surface area contributed by atoms with E-state index >= 15 is 0 Å². The first-order chi connectivity index (χ1) is 16.4. The van der Waals surface area contributed by atoms with Crippen LogP contribution in [0.4, 0.5) is 10.5 Å². The highest BCUT2D eigenvalue weighted by molar-refractivity contribution is 6.30. The molecule has 0 spiro atoms. The van der Waals surface area contributed by atoms with Gasteiger partial charge in [0.25, 0.3) is 5.89 Å². The molecular weight excluding hydrogens is 448 g/mol. The maximum Gasteiger partial charge on any atom is 0.326 e. The van der Waals surface area contributed by atoms with E-state index in [2.05, 4.69) is 10.5 Å². The second-order valence-corrected chi connectivity index (χ2v) is 8.83. The van der Waals surface area contributed by atoms with Gasteiger partial charge in [-0.05, 0) is 68.3 Å². The van der Waals surface area contributed by atoms with E-state index in [0.29, 0.717) is 16.7 Å². The first-order valence-corrected chi connectivity index (χ1v) is 11.3. The first kappa shape index (κ1) is 21.9. The molecular formula is C27H23ClN4O2. The summed E-state index contributed by atoms with van der Waals surface area (Å²) in [5.74, 6) is 0.805. The Labute approximate surface area is 202 Å². The summed E-state index contributed by atoms with van der Waals surface area (Å²) in [7, 11) is 0. The van der Waals surface area contributed by atoms with Crippen molar-refractivity contribution in [3.8, 4) is 11.4 Å². The second-order valence-electron chi connectivity index (χ2n) is 8.40. The lowest BCUT2D eigenvalue weighted by molar-refractivity contribution is 0.244. The lowest BCUT2D eigenvalue weighted by Crippen LogP contribution is -2.46. The molecule has 1 aromatic heterocycles. The van der Waals surface area contributed by atoms with Crippen LogP contribution in [0.3, 0.4) is 0 Å². The molecule has 0 bridgehead atoms. The van der Waals surface area contributed by atoms with Crippen LogP contribution in [0.25, 0.3) is 17.0 Å². The summed E-state index contributed by atoms with van der Waals surface area (Å²) in [6.07, 6.45) is 0. The lowest BCUT2D eigenvalue weighted by atomic mass is 9.94. The number of allylic oxidation sites excluding steroid dienone is 1. The van der Waals surface area contributed by atoms with Gasteiger partial charge in [-0.1, -0.05) is 58.7 Å². The van der Waals surface area contributed by atoms with E-state index in [9.17, 15) is 4.79 Å². The number of nitrogens with one attached hydrogen (secondary N) is 1. The summed E-state index contributed by atoms with van der Waals surface area (Å²) in [5, 5.41) is 7.98. The molecule has 0 saturated heterocycles. The predicted molar refractivity (Wildman–Crippen MR) is 133 cm³/mol. The Morgan fingerprint density at radius 1 is 0.941 bits per heavy atom. The number of carbonyl (C=O) groups is 1. The summed E-state index contributed by atoms with van der Waals surface area (Å²) in [6, 6.07) is 22.5. The average Bonchev–Trinajstić information content (AvgIpc) is 3.29. The molecule has 2 heterocycles. The van der Waals surface area contributed by atoms with E-state index < -0.39 is 6.04 Å². The van der Waals surface area contributed by atoms with Gasteiger partial charge in [-0.3, -0.25) is 4.90 Å². The fraction of sp³-hybridized carbons (Fsp3) is 0.148. The molecule has 0 aliphatic carbocycles. The highest BCUT2D eigenvalue weighted by atomic mass is 35.5. The van der Waals surface area contributed by atoms with Gasteiger partial charge >= 0.3 is 6.03 Å². The predicted octanol–water partition coefficient (Wildman–Crippen LogP) is 6.71. The number of urea groups is 1. The fourth-order valence-corrected chi connectivity index (χ4v) is 4.28. The van der Waals surface area contributed by atoms with Crippen LogP contribution in [-0.2, 0) is 0 Å². The molecule has 0 saturated carbocycles. The molecule has 1 atom stereocenters. The Morgan fingerprint density at radius 3 is 2.38 bits per heavy atom. The van der Waals surface area contributed by atoms with Gasteiger partial charge in [0.2, 0.25) is 5.82 Å². The Morgan fingerprint density at radius 2 is 1.68 bits per heavy atom. The fourth-order valence-electron chi connectivity index (χ4n) is 4.16. The molecule has 0 fully saturated rings. The van der Waals surface area contributed by atoms with Gasteiger partial charge < -0.3 is 9.84 Å². The molecule has 6 nitrogen and oxygen atoms in total. The monoisotopic (exact) mass is 470 g/mol. The number of carbonyl (C=O) groups excluding carboxylic acids is 1. The average molecular weight is 471 g/mol. The number of amides is 2. The van der Waals surface area contributed by atoms with Gasteiger partial charge in [-0.25, -0.2) is 4.79 Å². The van der Waals surface area contributed by atoms with E-state index in [0.717, 1.165) is 39.2 Å². The summed E-state index contributed by atoms with van der Waals surface area (Å²) in [4.78, 5) is 19.6. The van der Waals surface area contributed by atoms with Gasteiger partial charge in [0.1, 0.15) is 0 Å². The maximum absolute atomic E-state index is 13.3. The van der Waals surface area contributed by atoms with Crippen molar-refractivity contribution in [1.82, 2.24) is 15.5 Å². The largest absolute Gasteiger partial charge is 0.334 e. The van der Waals surface area contributed by atoms with Crippen LogP contribution in [0, 0.1) is 13.8 Å². The van der Waals surface area contributed by atoms with Crippen molar-refractivity contribution in [3.63, 3.8) is 0 Å². The van der Waals surface area contributed by atoms with E-state index in [-0.39, 0.29) is 6.03 Å². The van der Waals surface area contributed by atoms with Gasteiger partial charge in [-0.15, -0.1) is 0 Å². The van der Waals surface area contributed by atoms with Gasteiger partial charge in [0.05, 0.1) is 17.3 Å². The normalized spacial score (nSPS) is 16.1. The first-order valence-electron chi connectivity index (χ1n) is 11.0. The number of aryl methyl sites for hydroxylation is 2. The topological polar surface area (TPSA) is 71.3 Å². The zero-order chi connectivity index (χ0) is 23.8. The third-order valence-corrected chi connectivity index (χ3v) is 6.17. The Balaban J connectivity index is 1.65. The van der Waals surface area contributed by atoms with Crippen molar-refractivity contribution in [2.24, 2.45) is 0 Å². The number of aromatic nitrogens is 2. The smallest absolute Gasteiger partial charge is 0.326 e. The molecule has 0 radical (unpaired) electrons. The minimum Gasteiger partial charge on any atom is -0.334 e. The van der Waals surface area contributed by atoms with Crippen LogP contribution >= 0.6 is 11.6 Å². The van der Waals surface area contributed by atoms with Gasteiger partial charge in [0.15, 0.2) is 0 Å². The van der Waals surface area contributed by atoms with Crippen LogP contribution in [0.1, 0.15) is 35.5 Å². The van der Waals surface area contributed by atoms with Crippen LogP contribution in [0.2, 0.25) is 5.02 Å². The highest BCUT2D eigenvalue weighted by Gasteiger charge is 2.36. The molecule has 7 heteroatoms. The number of benzene rings is 3. The summed E-state index contributed by atoms with van der Waals surface area (Å²) in [5.41, 5.74) is 6.17. The number of halogens is 1. The van der Waals surface area contributed by atoms with Gasteiger partial charge in [-0.2, -0.15) is 4.98 Å². The van der Waals surface area contributed by atoms with Crippen LogP contribution in [0.15, 0.2) is 83.0 Å². The third-order valence-electron chi connectivity index (χ3n) is 5.91. The summed E-state index contributed by atoms with van der Waals surface area (Å²) < 4.78 is 5.75. The number of rotatable bonds is 4.